The minimum atomic E-state index is -4.22. The van der Waals surface area contributed by atoms with Crippen LogP contribution < -0.4 is 10.0 Å². The van der Waals surface area contributed by atoms with Crippen LogP contribution in [0.1, 0.15) is 10.5 Å². The van der Waals surface area contributed by atoms with Crippen LogP contribution in [0.5, 0.6) is 0 Å². The van der Waals surface area contributed by atoms with Crippen LogP contribution in [-0.2, 0) is 14.8 Å². The van der Waals surface area contributed by atoms with E-state index in [4.69, 9.17) is 0 Å². The summed E-state index contributed by atoms with van der Waals surface area (Å²) in [6.07, 6.45) is 0. The van der Waals surface area contributed by atoms with Crippen LogP contribution in [0.4, 0.5) is 25.8 Å². The molecule has 1 aromatic heterocycles. The topological polar surface area (TPSA) is 97.4 Å². The van der Waals surface area contributed by atoms with Crippen molar-refractivity contribution in [3.63, 3.8) is 0 Å². The molecule has 0 bridgehead atoms. The third-order valence-corrected chi connectivity index (χ3v) is 5.76. The number of para-hydroxylation sites is 3. The Morgan fingerprint density at radius 2 is 1.71 bits per heavy atom. The number of nitrogens with one attached hydrogen (secondary N) is 2. The Kier molecular flexibility index (Phi) is 5.56. The van der Waals surface area contributed by atoms with Gasteiger partial charge in [-0.1, -0.05) is 18.2 Å². The number of halogens is 2. The summed E-state index contributed by atoms with van der Waals surface area (Å²) in [6.45, 7) is 0. The summed E-state index contributed by atoms with van der Waals surface area (Å²) in [6, 6.07) is 9.28. The van der Waals surface area contributed by atoms with E-state index in [0.717, 1.165) is 30.8 Å². The number of benzene rings is 2. The second kappa shape index (κ2) is 7.90. The lowest BCUT2D eigenvalue weighted by atomic mass is 10.2. The number of sulfonamides is 1. The number of aromatic nitrogens is 1. The van der Waals surface area contributed by atoms with Gasteiger partial charge in [0, 0.05) is 5.38 Å². The summed E-state index contributed by atoms with van der Waals surface area (Å²) in [5.41, 5.74) is -0.655. The van der Waals surface area contributed by atoms with Gasteiger partial charge in [0.05, 0.1) is 18.5 Å². The van der Waals surface area contributed by atoms with Crippen molar-refractivity contribution in [3.05, 3.63) is 65.2 Å². The summed E-state index contributed by atoms with van der Waals surface area (Å²) >= 11 is 0.773. The Hall–Kier alpha value is -3.05. The second-order valence-corrected chi connectivity index (χ2v) is 7.67. The van der Waals surface area contributed by atoms with Crippen LogP contribution in [0, 0.1) is 11.6 Å². The zero-order chi connectivity index (χ0) is 20.3. The van der Waals surface area contributed by atoms with Crippen LogP contribution in [0.2, 0.25) is 0 Å². The summed E-state index contributed by atoms with van der Waals surface area (Å²) in [7, 11) is -3.12. The van der Waals surface area contributed by atoms with Crippen LogP contribution >= 0.6 is 11.5 Å². The summed E-state index contributed by atoms with van der Waals surface area (Å²) < 4.78 is 63.8. The number of nitrogens with zero attached hydrogens (tertiary/aromatic N) is 1. The minimum Gasteiger partial charge on any atom is -0.464 e. The highest BCUT2D eigenvalue weighted by molar-refractivity contribution is 7.93. The first-order valence-corrected chi connectivity index (χ1v) is 10.0. The average molecular weight is 425 g/mol. The van der Waals surface area contributed by atoms with Crippen LogP contribution in [-0.4, -0.2) is 25.9 Å². The number of carbonyl (C=O) groups excluding carboxylic acids is 1. The SMILES string of the molecule is COC(=O)c1nscc1S(=O)(=O)Nc1ccccc1Nc1c(F)cccc1F. The maximum Gasteiger partial charge on any atom is 0.359 e. The van der Waals surface area contributed by atoms with Crippen molar-refractivity contribution in [2.45, 2.75) is 4.90 Å². The quantitative estimate of drug-likeness (QED) is 0.584. The molecule has 0 amide bonds. The van der Waals surface area contributed by atoms with Gasteiger partial charge in [-0.25, -0.2) is 22.0 Å². The van der Waals surface area contributed by atoms with Gasteiger partial charge in [0.25, 0.3) is 10.0 Å². The lowest BCUT2D eigenvalue weighted by Gasteiger charge is -2.15. The first-order chi connectivity index (χ1) is 13.3. The molecule has 0 aliphatic heterocycles. The van der Waals surface area contributed by atoms with E-state index >= 15 is 0 Å². The third-order valence-electron chi connectivity index (χ3n) is 3.60. The average Bonchev–Trinajstić information content (AvgIpc) is 3.16. The van der Waals surface area contributed by atoms with E-state index in [1.807, 2.05) is 0 Å². The monoisotopic (exact) mass is 425 g/mol. The smallest absolute Gasteiger partial charge is 0.359 e. The third kappa shape index (κ3) is 3.94. The number of anilines is 3. The maximum atomic E-state index is 13.9. The molecule has 0 saturated carbocycles. The van der Waals surface area contributed by atoms with Crippen molar-refractivity contribution >= 4 is 44.6 Å². The van der Waals surface area contributed by atoms with Crippen LogP contribution in [0.15, 0.2) is 52.7 Å². The van der Waals surface area contributed by atoms with Gasteiger partial charge in [-0.2, -0.15) is 4.37 Å². The number of methoxy groups -OCH3 is 1. The summed E-state index contributed by atoms with van der Waals surface area (Å²) in [5, 5.41) is 3.73. The zero-order valence-electron chi connectivity index (χ0n) is 14.3. The lowest BCUT2D eigenvalue weighted by molar-refractivity contribution is 0.0591. The van der Waals surface area contributed by atoms with E-state index in [1.165, 1.54) is 29.6 Å². The minimum absolute atomic E-state index is 0.0205. The van der Waals surface area contributed by atoms with Gasteiger partial charge < -0.3 is 10.1 Å². The van der Waals surface area contributed by atoms with Gasteiger partial charge in [0.15, 0.2) is 5.69 Å². The molecule has 0 radical (unpaired) electrons. The van der Waals surface area contributed by atoms with E-state index < -0.39 is 33.3 Å². The molecule has 11 heteroatoms. The van der Waals surface area contributed by atoms with Gasteiger partial charge in [0.1, 0.15) is 22.2 Å². The molecule has 0 aliphatic rings. The molecule has 146 valence electrons. The Morgan fingerprint density at radius 3 is 2.36 bits per heavy atom. The van der Waals surface area contributed by atoms with Gasteiger partial charge in [0.2, 0.25) is 0 Å². The standard InChI is InChI=1S/C17H13F2N3O4S2/c1-26-17(23)16-14(9-27-21-16)28(24,25)22-13-8-3-2-7-12(13)20-15-10(18)5-4-6-11(15)19/h2-9,20,22H,1H3. The van der Waals surface area contributed by atoms with Crippen molar-refractivity contribution in [2.24, 2.45) is 0 Å². The van der Waals surface area contributed by atoms with Crippen molar-refractivity contribution in [1.29, 1.82) is 0 Å². The molecule has 0 fully saturated rings. The molecule has 2 aromatic carbocycles. The molecule has 3 rings (SSSR count). The largest absolute Gasteiger partial charge is 0.464 e. The number of carbonyl (C=O) groups is 1. The number of ether oxygens (including phenoxy) is 1. The highest BCUT2D eigenvalue weighted by atomic mass is 32.2. The molecule has 2 N–H and O–H groups in total. The Morgan fingerprint density at radius 1 is 1.07 bits per heavy atom. The second-order valence-electron chi connectivity index (χ2n) is 5.39. The Balaban J connectivity index is 1.96. The van der Waals surface area contributed by atoms with E-state index in [-0.39, 0.29) is 22.0 Å². The van der Waals surface area contributed by atoms with Crippen LogP contribution in [0.3, 0.4) is 0 Å². The molecule has 28 heavy (non-hydrogen) atoms. The maximum absolute atomic E-state index is 13.9. The molecule has 0 unspecified atom stereocenters. The fourth-order valence-electron chi connectivity index (χ4n) is 2.29. The predicted octanol–water partition coefficient (Wildman–Crippen LogP) is 3.75. The molecular formula is C17H13F2N3O4S2. The van der Waals surface area contributed by atoms with Crippen LogP contribution in [0.25, 0.3) is 0 Å². The number of hydrogen-bond donors (Lipinski definition) is 2. The zero-order valence-corrected chi connectivity index (χ0v) is 15.9. The molecular weight excluding hydrogens is 412 g/mol. The molecule has 0 saturated heterocycles. The lowest BCUT2D eigenvalue weighted by Crippen LogP contribution is -2.17. The number of esters is 1. The highest BCUT2D eigenvalue weighted by Gasteiger charge is 2.27. The summed E-state index contributed by atoms with van der Waals surface area (Å²) in [4.78, 5) is 11.3. The molecule has 7 nitrogen and oxygen atoms in total. The Bertz CT molecular complexity index is 1110. The van der Waals surface area contributed by atoms with E-state index in [0.29, 0.717) is 0 Å². The molecule has 3 aromatic rings. The molecule has 1 heterocycles. The molecule has 0 spiro atoms. The first-order valence-electron chi connectivity index (χ1n) is 7.69. The van der Waals surface area contributed by atoms with Crippen molar-refractivity contribution in [1.82, 2.24) is 4.37 Å². The number of rotatable bonds is 6. The fourth-order valence-corrected chi connectivity index (χ4v) is 4.48. The molecule has 0 atom stereocenters. The Labute approximate surface area is 163 Å². The normalized spacial score (nSPS) is 11.1. The van der Waals surface area contributed by atoms with Crippen molar-refractivity contribution in [2.75, 3.05) is 17.1 Å². The summed E-state index contributed by atoms with van der Waals surface area (Å²) in [5.74, 6) is -2.58. The van der Waals surface area contributed by atoms with E-state index in [1.54, 1.807) is 6.07 Å². The molecule has 0 aliphatic carbocycles. The van der Waals surface area contributed by atoms with E-state index in [9.17, 15) is 22.0 Å². The number of hydrogen-bond acceptors (Lipinski definition) is 7. The predicted molar refractivity (Wildman–Crippen MR) is 100 cm³/mol. The van der Waals surface area contributed by atoms with Gasteiger partial charge in [-0.05, 0) is 35.8 Å². The highest BCUT2D eigenvalue weighted by Crippen LogP contribution is 2.30. The van der Waals surface area contributed by atoms with Crippen molar-refractivity contribution in [3.8, 4) is 0 Å². The van der Waals surface area contributed by atoms with Crippen molar-refractivity contribution < 1.29 is 26.7 Å². The van der Waals surface area contributed by atoms with Gasteiger partial charge in [-0.15, -0.1) is 0 Å². The van der Waals surface area contributed by atoms with Gasteiger partial charge >= 0.3 is 5.97 Å². The fraction of sp³-hybridized carbons (Fsp3) is 0.0588. The van der Waals surface area contributed by atoms with Gasteiger partial charge in [-0.3, -0.25) is 4.72 Å². The van der Waals surface area contributed by atoms with E-state index in [2.05, 4.69) is 19.1 Å². The first kappa shape index (κ1) is 19.7.